The van der Waals surface area contributed by atoms with E-state index in [2.05, 4.69) is 0 Å². The highest BCUT2D eigenvalue weighted by molar-refractivity contribution is 5.51. The third kappa shape index (κ3) is 3.84. The average Bonchev–Trinajstić information content (AvgIpc) is 2.39. The van der Waals surface area contributed by atoms with Crippen LogP contribution in [0.15, 0.2) is 18.2 Å². The fourth-order valence-corrected chi connectivity index (χ4v) is 2.55. The first-order valence-electron chi connectivity index (χ1n) is 7.06. The van der Waals surface area contributed by atoms with Gasteiger partial charge in [-0.05, 0) is 31.9 Å². The Bertz CT molecular complexity index is 442. The molecule has 1 aromatic rings. The van der Waals surface area contributed by atoms with E-state index in [1.165, 1.54) is 6.07 Å². The molecule has 0 spiro atoms. The van der Waals surface area contributed by atoms with Crippen molar-refractivity contribution in [3.05, 3.63) is 24.0 Å². The summed E-state index contributed by atoms with van der Waals surface area (Å²) in [4.78, 5) is 2.01. The summed E-state index contributed by atoms with van der Waals surface area (Å²) < 4.78 is 24.8. The molecule has 0 amide bonds. The van der Waals surface area contributed by atoms with Crippen LogP contribution >= 0.6 is 0 Å². The molecule has 0 radical (unpaired) electrons. The number of nitrogens with two attached hydrogens (primary N) is 1. The van der Waals surface area contributed by atoms with Crippen molar-refractivity contribution in [1.29, 1.82) is 0 Å². The standard InChI is InChI=1S/C15H23FN2O2/c1-11(10-19-2)20-13-5-6-15(14(16)8-13)18-7-3-4-12(17)9-18/h5-6,8,11-12H,3-4,7,9-10,17H2,1-2H3. The number of rotatable bonds is 5. The predicted octanol–water partition coefficient (Wildman–Crippen LogP) is 2.17. The van der Waals surface area contributed by atoms with Gasteiger partial charge in [0.1, 0.15) is 17.7 Å². The minimum atomic E-state index is -0.263. The van der Waals surface area contributed by atoms with Crippen LogP contribution in [0.1, 0.15) is 19.8 Å². The molecule has 0 bridgehead atoms. The zero-order chi connectivity index (χ0) is 14.5. The molecule has 2 rings (SSSR count). The molecule has 0 aliphatic carbocycles. The maximum Gasteiger partial charge on any atom is 0.150 e. The van der Waals surface area contributed by atoms with E-state index in [0.29, 0.717) is 24.6 Å². The summed E-state index contributed by atoms with van der Waals surface area (Å²) in [6.07, 6.45) is 1.91. The van der Waals surface area contributed by atoms with Gasteiger partial charge in [-0.2, -0.15) is 0 Å². The quantitative estimate of drug-likeness (QED) is 0.899. The Hall–Kier alpha value is -1.33. The third-order valence-corrected chi connectivity index (χ3v) is 3.46. The molecule has 0 saturated carbocycles. The van der Waals surface area contributed by atoms with Gasteiger partial charge in [0.05, 0.1) is 12.3 Å². The van der Waals surface area contributed by atoms with Crippen LogP contribution in [-0.2, 0) is 4.74 Å². The van der Waals surface area contributed by atoms with Crippen molar-refractivity contribution < 1.29 is 13.9 Å². The normalized spacial score (nSPS) is 20.8. The molecular formula is C15H23FN2O2. The molecule has 1 fully saturated rings. The molecule has 0 aromatic heterocycles. The maximum absolute atomic E-state index is 14.2. The molecule has 1 aliphatic heterocycles. The Morgan fingerprint density at radius 2 is 2.30 bits per heavy atom. The van der Waals surface area contributed by atoms with E-state index in [-0.39, 0.29) is 18.0 Å². The van der Waals surface area contributed by atoms with Gasteiger partial charge in [0.2, 0.25) is 0 Å². The van der Waals surface area contributed by atoms with Crippen molar-refractivity contribution in [3.63, 3.8) is 0 Å². The van der Waals surface area contributed by atoms with Crippen LogP contribution in [0.3, 0.4) is 0 Å². The second-order valence-corrected chi connectivity index (χ2v) is 5.35. The molecule has 2 atom stereocenters. The third-order valence-electron chi connectivity index (χ3n) is 3.46. The highest BCUT2D eigenvalue weighted by atomic mass is 19.1. The monoisotopic (exact) mass is 282 g/mol. The number of ether oxygens (including phenoxy) is 2. The number of hydrogen-bond donors (Lipinski definition) is 1. The Balaban J connectivity index is 2.05. The van der Waals surface area contributed by atoms with Crippen LogP contribution in [-0.4, -0.2) is 39.0 Å². The lowest BCUT2D eigenvalue weighted by molar-refractivity contribution is 0.0919. The first-order valence-corrected chi connectivity index (χ1v) is 7.06. The first kappa shape index (κ1) is 15.1. The topological polar surface area (TPSA) is 47.7 Å². The fraction of sp³-hybridized carbons (Fsp3) is 0.600. The lowest BCUT2D eigenvalue weighted by Gasteiger charge is -2.32. The smallest absolute Gasteiger partial charge is 0.150 e. The van der Waals surface area contributed by atoms with Gasteiger partial charge in [-0.1, -0.05) is 0 Å². The van der Waals surface area contributed by atoms with Crippen LogP contribution in [0.5, 0.6) is 5.75 Å². The van der Waals surface area contributed by atoms with Gasteiger partial charge in [0.15, 0.2) is 0 Å². The van der Waals surface area contributed by atoms with E-state index in [4.69, 9.17) is 15.2 Å². The summed E-state index contributed by atoms with van der Waals surface area (Å²) in [5.41, 5.74) is 6.54. The summed E-state index contributed by atoms with van der Waals surface area (Å²) in [5.74, 6) is 0.262. The molecule has 112 valence electrons. The minimum absolute atomic E-state index is 0.103. The summed E-state index contributed by atoms with van der Waals surface area (Å²) in [7, 11) is 1.61. The summed E-state index contributed by atoms with van der Waals surface area (Å²) in [6, 6.07) is 5.12. The van der Waals surface area contributed by atoms with Gasteiger partial charge in [0.25, 0.3) is 0 Å². The zero-order valence-corrected chi connectivity index (χ0v) is 12.1. The molecule has 2 N–H and O–H groups in total. The van der Waals surface area contributed by atoms with E-state index in [1.54, 1.807) is 19.2 Å². The van der Waals surface area contributed by atoms with Gasteiger partial charge < -0.3 is 20.1 Å². The predicted molar refractivity (Wildman–Crippen MR) is 77.8 cm³/mol. The highest BCUT2D eigenvalue weighted by Crippen LogP contribution is 2.26. The van der Waals surface area contributed by atoms with Crippen molar-refractivity contribution in [3.8, 4) is 5.75 Å². The molecule has 5 heteroatoms. The summed E-state index contributed by atoms with van der Waals surface area (Å²) >= 11 is 0. The Morgan fingerprint density at radius 1 is 1.50 bits per heavy atom. The average molecular weight is 282 g/mol. The van der Waals surface area contributed by atoms with Gasteiger partial charge in [0, 0.05) is 32.3 Å². The highest BCUT2D eigenvalue weighted by Gasteiger charge is 2.20. The molecule has 1 aliphatic rings. The second-order valence-electron chi connectivity index (χ2n) is 5.35. The van der Waals surface area contributed by atoms with E-state index in [0.717, 1.165) is 19.4 Å². The van der Waals surface area contributed by atoms with E-state index >= 15 is 0 Å². The van der Waals surface area contributed by atoms with E-state index < -0.39 is 0 Å². The van der Waals surface area contributed by atoms with Crippen molar-refractivity contribution in [1.82, 2.24) is 0 Å². The van der Waals surface area contributed by atoms with Gasteiger partial charge in [-0.3, -0.25) is 0 Å². The Labute approximate surface area is 119 Å². The summed E-state index contributed by atoms with van der Waals surface area (Å²) in [6.45, 7) is 3.92. The molecule has 1 saturated heterocycles. The number of hydrogen-bond acceptors (Lipinski definition) is 4. The Kier molecular flexibility index (Phi) is 5.20. The van der Waals surface area contributed by atoms with Crippen LogP contribution < -0.4 is 15.4 Å². The van der Waals surface area contributed by atoms with Crippen molar-refractivity contribution >= 4 is 5.69 Å². The fourth-order valence-electron chi connectivity index (χ4n) is 2.55. The second kappa shape index (κ2) is 6.90. The number of methoxy groups -OCH3 is 1. The van der Waals surface area contributed by atoms with Crippen molar-refractivity contribution in [2.75, 3.05) is 31.7 Å². The lowest BCUT2D eigenvalue weighted by atomic mass is 10.1. The largest absolute Gasteiger partial charge is 0.488 e. The maximum atomic E-state index is 14.2. The van der Waals surface area contributed by atoms with E-state index in [9.17, 15) is 4.39 Å². The molecular weight excluding hydrogens is 259 g/mol. The number of piperidine rings is 1. The molecule has 2 unspecified atom stereocenters. The zero-order valence-electron chi connectivity index (χ0n) is 12.1. The first-order chi connectivity index (χ1) is 9.60. The van der Waals surface area contributed by atoms with Gasteiger partial charge >= 0.3 is 0 Å². The van der Waals surface area contributed by atoms with Crippen molar-refractivity contribution in [2.45, 2.75) is 31.9 Å². The van der Waals surface area contributed by atoms with Gasteiger partial charge in [-0.25, -0.2) is 4.39 Å². The van der Waals surface area contributed by atoms with E-state index in [1.807, 2.05) is 11.8 Å². The summed E-state index contributed by atoms with van der Waals surface area (Å²) in [5, 5.41) is 0. The molecule has 1 heterocycles. The van der Waals surface area contributed by atoms with Crippen LogP contribution in [0.25, 0.3) is 0 Å². The van der Waals surface area contributed by atoms with Crippen LogP contribution in [0.4, 0.5) is 10.1 Å². The van der Waals surface area contributed by atoms with Crippen LogP contribution in [0, 0.1) is 5.82 Å². The number of anilines is 1. The SMILES string of the molecule is COCC(C)Oc1ccc(N2CCCC(N)C2)c(F)c1. The van der Waals surface area contributed by atoms with Crippen LogP contribution in [0.2, 0.25) is 0 Å². The molecule has 20 heavy (non-hydrogen) atoms. The van der Waals surface area contributed by atoms with Gasteiger partial charge in [-0.15, -0.1) is 0 Å². The number of nitrogens with zero attached hydrogens (tertiary/aromatic N) is 1. The lowest BCUT2D eigenvalue weighted by Crippen LogP contribution is -2.43. The Morgan fingerprint density at radius 3 is 2.95 bits per heavy atom. The number of benzene rings is 1. The van der Waals surface area contributed by atoms with Crippen molar-refractivity contribution in [2.24, 2.45) is 5.73 Å². The molecule has 1 aromatic carbocycles. The number of halogens is 1. The minimum Gasteiger partial charge on any atom is -0.488 e. The molecule has 4 nitrogen and oxygen atoms in total.